The fraction of sp³-hybridized carbons (Fsp3) is 0.480. The molecular formula is C25H30FN3O6S. The third-order valence-corrected chi connectivity index (χ3v) is 8.89. The fourth-order valence-electron chi connectivity index (χ4n) is 5.04. The van der Waals surface area contributed by atoms with E-state index in [9.17, 15) is 17.6 Å². The maximum Gasteiger partial charge on any atom is 0.246 e. The summed E-state index contributed by atoms with van der Waals surface area (Å²) in [4.78, 5) is 17.2. The normalized spacial score (nSPS) is 20.9. The number of carbonyl (C=O) groups is 1. The van der Waals surface area contributed by atoms with Gasteiger partial charge < -0.3 is 19.1 Å². The Morgan fingerprint density at radius 3 is 2.61 bits per heavy atom. The van der Waals surface area contributed by atoms with Crippen LogP contribution in [0.2, 0.25) is 0 Å². The number of hydrogen-bond acceptors (Lipinski definition) is 7. The number of piperidine rings is 1. The molecule has 3 aliphatic rings. The largest absolute Gasteiger partial charge is 0.495 e. The molecule has 0 saturated carbocycles. The lowest BCUT2D eigenvalue weighted by Gasteiger charge is -2.38. The average molecular weight is 520 g/mol. The first-order chi connectivity index (χ1) is 17.3. The van der Waals surface area contributed by atoms with E-state index in [2.05, 4.69) is 4.90 Å². The maximum absolute atomic E-state index is 13.8. The lowest BCUT2D eigenvalue weighted by Crippen LogP contribution is -2.52. The van der Waals surface area contributed by atoms with Crippen molar-refractivity contribution >= 4 is 15.9 Å². The number of nitrogens with zero attached hydrogens (tertiary/aromatic N) is 3. The van der Waals surface area contributed by atoms with Crippen molar-refractivity contribution < 1.29 is 31.8 Å². The van der Waals surface area contributed by atoms with Crippen LogP contribution in [0.4, 0.5) is 4.39 Å². The molecule has 1 amide bonds. The van der Waals surface area contributed by atoms with E-state index in [1.165, 1.54) is 17.5 Å². The highest BCUT2D eigenvalue weighted by Crippen LogP contribution is 2.33. The van der Waals surface area contributed by atoms with E-state index in [0.29, 0.717) is 25.9 Å². The van der Waals surface area contributed by atoms with Crippen LogP contribution in [0.3, 0.4) is 0 Å². The number of fused-ring (bicyclic) bond motifs is 1. The Bertz CT molecular complexity index is 1230. The van der Waals surface area contributed by atoms with Gasteiger partial charge in [0.2, 0.25) is 22.7 Å². The second-order valence-corrected chi connectivity index (χ2v) is 11.2. The molecule has 2 aromatic rings. The molecule has 3 heterocycles. The maximum atomic E-state index is 13.8. The number of rotatable bonds is 6. The van der Waals surface area contributed by atoms with Gasteiger partial charge in [0.15, 0.2) is 11.5 Å². The molecule has 0 bridgehead atoms. The molecule has 0 spiro atoms. The number of sulfonamides is 1. The van der Waals surface area contributed by atoms with E-state index < -0.39 is 21.8 Å². The van der Waals surface area contributed by atoms with E-state index >= 15 is 0 Å². The standard InChI is InChI=1S/C25H30FN3O6S/c1-33-22-7-5-20(26)14-24(22)36(31,32)29-8-2-3-19(16-29)25(30)28-11-9-27(10-12-28)15-18-4-6-21-23(13-18)35-17-34-21/h4-7,13-14,19H,2-3,8-12,15-17H2,1H3/t19-/m0/s1. The predicted octanol–water partition coefficient (Wildman–Crippen LogP) is 2.31. The number of amides is 1. The van der Waals surface area contributed by atoms with Gasteiger partial charge in [-0.15, -0.1) is 0 Å². The zero-order valence-corrected chi connectivity index (χ0v) is 21.0. The van der Waals surface area contributed by atoms with Crippen molar-refractivity contribution in [2.24, 2.45) is 5.92 Å². The number of piperazine rings is 1. The highest BCUT2D eigenvalue weighted by atomic mass is 32.2. The topological polar surface area (TPSA) is 88.6 Å². The van der Waals surface area contributed by atoms with Crippen LogP contribution in [0.1, 0.15) is 18.4 Å². The lowest BCUT2D eigenvalue weighted by atomic mass is 9.97. The van der Waals surface area contributed by atoms with Crippen LogP contribution in [0.25, 0.3) is 0 Å². The zero-order chi connectivity index (χ0) is 25.3. The Labute approximate surface area is 210 Å². The minimum Gasteiger partial charge on any atom is -0.495 e. The summed E-state index contributed by atoms with van der Waals surface area (Å²) < 4.78 is 57.7. The lowest BCUT2D eigenvalue weighted by molar-refractivity contribution is -0.138. The number of halogens is 1. The molecule has 3 aliphatic heterocycles. The van der Waals surface area contributed by atoms with Crippen LogP contribution in [-0.2, 0) is 21.4 Å². The van der Waals surface area contributed by atoms with Crippen molar-refractivity contribution in [3.63, 3.8) is 0 Å². The van der Waals surface area contributed by atoms with E-state index in [1.807, 2.05) is 23.1 Å². The van der Waals surface area contributed by atoms with Gasteiger partial charge in [0, 0.05) is 45.8 Å². The molecule has 0 unspecified atom stereocenters. The van der Waals surface area contributed by atoms with Crippen molar-refractivity contribution in [2.75, 3.05) is 53.2 Å². The Kier molecular flexibility index (Phi) is 7.05. The van der Waals surface area contributed by atoms with Gasteiger partial charge in [0.25, 0.3) is 0 Å². The summed E-state index contributed by atoms with van der Waals surface area (Å²) in [5, 5.41) is 0. The number of ether oxygens (including phenoxy) is 3. The molecule has 0 radical (unpaired) electrons. The van der Waals surface area contributed by atoms with Crippen LogP contribution in [0, 0.1) is 11.7 Å². The summed E-state index contributed by atoms with van der Waals surface area (Å²) in [5.74, 6) is 0.501. The van der Waals surface area contributed by atoms with Crippen LogP contribution in [0.5, 0.6) is 17.2 Å². The number of benzene rings is 2. The van der Waals surface area contributed by atoms with Gasteiger partial charge in [0.05, 0.1) is 13.0 Å². The molecule has 5 rings (SSSR count). The number of carbonyl (C=O) groups excluding carboxylic acids is 1. The molecule has 2 saturated heterocycles. The molecule has 9 nitrogen and oxygen atoms in total. The SMILES string of the molecule is COc1ccc(F)cc1S(=O)(=O)N1CCC[C@H](C(=O)N2CCN(Cc3ccc4c(c3)OCO4)CC2)C1. The molecule has 0 aliphatic carbocycles. The van der Waals surface area contributed by atoms with E-state index in [0.717, 1.165) is 48.8 Å². The highest BCUT2D eigenvalue weighted by molar-refractivity contribution is 7.89. The molecule has 2 aromatic carbocycles. The first-order valence-electron chi connectivity index (χ1n) is 12.1. The van der Waals surface area contributed by atoms with Gasteiger partial charge in [-0.25, -0.2) is 12.8 Å². The second kappa shape index (κ2) is 10.2. The Hall–Kier alpha value is -2.89. The minimum absolute atomic E-state index is 0.0242. The van der Waals surface area contributed by atoms with Crippen LogP contribution < -0.4 is 14.2 Å². The van der Waals surface area contributed by atoms with Crippen molar-refractivity contribution in [3.05, 3.63) is 47.8 Å². The van der Waals surface area contributed by atoms with Gasteiger partial charge in [-0.2, -0.15) is 4.31 Å². The third kappa shape index (κ3) is 5.00. The van der Waals surface area contributed by atoms with Crippen molar-refractivity contribution in [1.82, 2.24) is 14.1 Å². The molecular weight excluding hydrogens is 489 g/mol. The van der Waals surface area contributed by atoms with Gasteiger partial charge in [-0.05, 0) is 48.7 Å². The van der Waals surface area contributed by atoms with Gasteiger partial charge in [0.1, 0.15) is 16.5 Å². The first-order valence-corrected chi connectivity index (χ1v) is 13.5. The summed E-state index contributed by atoms with van der Waals surface area (Å²) in [6, 6.07) is 9.36. The Morgan fingerprint density at radius 1 is 1.06 bits per heavy atom. The van der Waals surface area contributed by atoms with E-state index in [1.54, 1.807) is 0 Å². The fourth-order valence-corrected chi connectivity index (χ4v) is 6.73. The summed E-state index contributed by atoms with van der Waals surface area (Å²) >= 11 is 0. The summed E-state index contributed by atoms with van der Waals surface area (Å²) in [6.07, 6.45) is 1.19. The minimum atomic E-state index is -4.00. The quantitative estimate of drug-likeness (QED) is 0.579. The van der Waals surface area contributed by atoms with Crippen molar-refractivity contribution in [1.29, 1.82) is 0 Å². The molecule has 2 fully saturated rings. The average Bonchev–Trinajstić information content (AvgIpc) is 3.37. The first kappa shape index (κ1) is 24.8. The monoisotopic (exact) mass is 519 g/mol. The molecule has 0 N–H and O–H groups in total. The van der Waals surface area contributed by atoms with Gasteiger partial charge in [-0.3, -0.25) is 9.69 Å². The summed E-state index contributed by atoms with van der Waals surface area (Å²) in [5.41, 5.74) is 1.12. The zero-order valence-electron chi connectivity index (χ0n) is 20.2. The van der Waals surface area contributed by atoms with Crippen LogP contribution in [0.15, 0.2) is 41.3 Å². The Balaban J connectivity index is 1.19. The van der Waals surface area contributed by atoms with Crippen molar-refractivity contribution in [2.45, 2.75) is 24.3 Å². The Morgan fingerprint density at radius 2 is 1.83 bits per heavy atom. The second-order valence-electron chi connectivity index (χ2n) is 9.29. The third-order valence-electron chi connectivity index (χ3n) is 7.00. The highest BCUT2D eigenvalue weighted by Gasteiger charge is 2.37. The van der Waals surface area contributed by atoms with Gasteiger partial charge in [-0.1, -0.05) is 6.07 Å². The summed E-state index contributed by atoms with van der Waals surface area (Å²) in [7, 11) is -2.65. The van der Waals surface area contributed by atoms with E-state index in [-0.39, 0.29) is 36.4 Å². The number of methoxy groups -OCH3 is 1. The van der Waals surface area contributed by atoms with Crippen LogP contribution in [-0.4, -0.2) is 81.6 Å². The molecule has 11 heteroatoms. The predicted molar refractivity (Wildman–Crippen MR) is 129 cm³/mol. The summed E-state index contributed by atoms with van der Waals surface area (Å²) in [6.45, 7) is 4.01. The smallest absolute Gasteiger partial charge is 0.246 e. The number of hydrogen-bond donors (Lipinski definition) is 0. The van der Waals surface area contributed by atoms with E-state index in [4.69, 9.17) is 14.2 Å². The molecule has 1 atom stereocenters. The van der Waals surface area contributed by atoms with Crippen molar-refractivity contribution in [3.8, 4) is 17.2 Å². The molecule has 36 heavy (non-hydrogen) atoms. The van der Waals surface area contributed by atoms with Gasteiger partial charge >= 0.3 is 0 Å². The molecule has 194 valence electrons. The molecule has 0 aromatic heterocycles. The van der Waals surface area contributed by atoms with Crippen LogP contribution >= 0.6 is 0 Å².